The number of nitrogens with one attached hydrogen (secondary N) is 2. The molecule has 138 valence electrons. The molecule has 1 aromatic heterocycles. The standard InChI is InChI=1S/C19H29N3O3/c1-13-9-17(14(2)22(13)10-16-5-4-8-25-16)18(23)11-21(3)12-19(24)20-15-6-7-15/h9,15-16H,4-8,10-12H2,1-3H3,(H,20,24)/p+1/t16-/m1/s1. The van der Waals surface area contributed by atoms with Crippen LogP contribution in [-0.2, 0) is 16.1 Å². The van der Waals surface area contributed by atoms with Crippen molar-refractivity contribution in [2.45, 2.75) is 58.2 Å². The Morgan fingerprint density at radius 3 is 2.68 bits per heavy atom. The Balaban J connectivity index is 1.58. The van der Waals surface area contributed by atoms with Crippen molar-refractivity contribution in [1.29, 1.82) is 0 Å². The molecular weight excluding hydrogens is 318 g/mol. The van der Waals surface area contributed by atoms with Gasteiger partial charge in [-0.15, -0.1) is 0 Å². The fourth-order valence-electron chi connectivity index (χ4n) is 3.57. The summed E-state index contributed by atoms with van der Waals surface area (Å²) in [6, 6.07) is 2.34. The van der Waals surface area contributed by atoms with E-state index in [9.17, 15) is 9.59 Å². The van der Waals surface area contributed by atoms with Gasteiger partial charge >= 0.3 is 0 Å². The number of rotatable bonds is 8. The molecule has 2 fully saturated rings. The molecule has 3 rings (SSSR count). The van der Waals surface area contributed by atoms with E-state index in [0.29, 0.717) is 19.1 Å². The summed E-state index contributed by atoms with van der Waals surface area (Å²) in [4.78, 5) is 25.5. The second kappa shape index (κ2) is 7.70. The maximum atomic E-state index is 12.7. The highest BCUT2D eigenvalue weighted by atomic mass is 16.5. The largest absolute Gasteiger partial charge is 0.376 e. The normalized spacial score (nSPS) is 21.3. The lowest BCUT2D eigenvalue weighted by molar-refractivity contribution is -0.862. The fraction of sp³-hybridized carbons (Fsp3) is 0.684. The molecule has 1 aliphatic carbocycles. The molecule has 6 nitrogen and oxygen atoms in total. The van der Waals surface area contributed by atoms with Gasteiger partial charge in [-0.05, 0) is 45.6 Å². The van der Waals surface area contributed by atoms with E-state index in [0.717, 1.165) is 60.7 Å². The molecule has 0 bridgehead atoms. The molecule has 1 aromatic rings. The van der Waals surface area contributed by atoms with E-state index < -0.39 is 0 Å². The van der Waals surface area contributed by atoms with Crippen LogP contribution < -0.4 is 10.2 Å². The first-order valence-electron chi connectivity index (χ1n) is 9.36. The number of hydrogen-bond acceptors (Lipinski definition) is 3. The highest BCUT2D eigenvalue weighted by Crippen LogP contribution is 2.20. The predicted molar refractivity (Wildman–Crippen MR) is 95.0 cm³/mol. The third kappa shape index (κ3) is 4.70. The first kappa shape index (κ1) is 18.1. The number of hydrogen-bond donors (Lipinski definition) is 2. The minimum Gasteiger partial charge on any atom is -0.376 e. The molecule has 2 aliphatic rings. The number of aromatic nitrogens is 1. The zero-order chi connectivity index (χ0) is 18.0. The number of likely N-dealkylation sites (N-methyl/N-ethyl adjacent to an activating group) is 1. The second-order valence-electron chi connectivity index (χ2n) is 7.61. The third-order valence-electron chi connectivity index (χ3n) is 5.15. The van der Waals surface area contributed by atoms with Crippen molar-refractivity contribution in [2.24, 2.45) is 0 Å². The number of Topliss-reactive ketones (excluding diaryl/α,β-unsaturated/α-hetero) is 1. The van der Waals surface area contributed by atoms with Crippen LogP contribution in [0.15, 0.2) is 6.07 Å². The van der Waals surface area contributed by atoms with Gasteiger partial charge in [0, 0.05) is 36.1 Å². The Bertz CT molecular complexity index is 643. The van der Waals surface area contributed by atoms with E-state index >= 15 is 0 Å². The zero-order valence-electron chi connectivity index (χ0n) is 15.6. The van der Waals surface area contributed by atoms with E-state index in [1.807, 2.05) is 27.0 Å². The molecule has 0 spiro atoms. The van der Waals surface area contributed by atoms with Crippen LogP contribution >= 0.6 is 0 Å². The van der Waals surface area contributed by atoms with Gasteiger partial charge in [0.15, 0.2) is 6.54 Å². The van der Waals surface area contributed by atoms with Gasteiger partial charge in [0.2, 0.25) is 5.78 Å². The Hall–Kier alpha value is -1.66. The molecule has 25 heavy (non-hydrogen) atoms. The number of ether oxygens (including phenoxy) is 1. The van der Waals surface area contributed by atoms with Gasteiger partial charge in [-0.1, -0.05) is 0 Å². The van der Waals surface area contributed by atoms with Gasteiger partial charge in [-0.25, -0.2) is 0 Å². The number of amides is 1. The van der Waals surface area contributed by atoms with Crippen molar-refractivity contribution < 1.29 is 19.2 Å². The summed E-state index contributed by atoms with van der Waals surface area (Å²) in [7, 11) is 1.90. The van der Waals surface area contributed by atoms with Crippen LogP contribution in [-0.4, -0.2) is 55.1 Å². The van der Waals surface area contributed by atoms with E-state index in [-0.39, 0.29) is 17.8 Å². The fourth-order valence-corrected chi connectivity index (χ4v) is 3.57. The molecule has 1 saturated carbocycles. The monoisotopic (exact) mass is 348 g/mol. The Morgan fingerprint density at radius 2 is 2.04 bits per heavy atom. The molecule has 2 atom stereocenters. The number of carbonyl (C=O) groups is 2. The van der Waals surface area contributed by atoms with Gasteiger partial charge in [-0.2, -0.15) is 0 Å². The van der Waals surface area contributed by atoms with Crippen molar-refractivity contribution in [1.82, 2.24) is 9.88 Å². The minimum atomic E-state index is 0.0386. The smallest absolute Gasteiger partial charge is 0.275 e. The van der Waals surface area contributed by atoms with Crippen molar-refractivity contribution in [2.75, 3.05) is 26.7 Å². The Morgan fingerprint density at radius 1 is 1.28 bits per heavy atom. The summed E-state index contributed by atoms with van der Waals surface area (Å²) in [5.74, 6) is 0.139. The minimum absolute atomic E-state index is 0.0386. The Labute approximate surface area is 149 Å². The molecule has 1 aliphatic heterocycles. The van der Waals surface area contributed by atoms with Crippen LogP contribution in [0.2, 0.25) is 0 Å². The van der Waals surface area contributed by atoms with Gasteiger partial charge in [0.25, 0.3) is 5.91 Å². The summed E-state index contributed by atoms with van der Waals surface area (Å²) < 4.78 is 7.92. The molecule has 0 aromatic carbocycles. The van der Waals surface area contributed by atoms with Crippen LogP contribution in [0.25, 0.3) is 0 Å². The van der Waals surface area contributed by atoms with Gasteiger partial charge in [-0.3, -0.25) is 9.59 Å². The van der Waals surface area contributed by atoms with Gasteiger partial charge in [0.05, 0.1) is 13.2 Å². The second-order valence-corrected chi connectivity index (χ2v) is 7.61. The molecule has 2 N–H and O–H groups in total. The molecule has 0 radical (unpaired) electrons. The average molecular weight is 348 g/mol. The number of carbonyl (C=O) groups excluding carboxylic acids is 2. The number of quaternary nitrogens is 1. The highest BCUT2D eigenvalue weighted by molar-refractivity contribution is 5.98. The first-order chi connectivity index (χ1) is 11.9. The molecule has 2 heterocycles. The summed E-state index contributed by atoms with van der Waals surface area (Å²) in [5, 5.41) is 2.97. The first-order valence-corrected chi connectivity index (χ1v) is 9.36. The summed E-state index contributed by atoms with van der Waals surface area (Å²) in [5.41, 5.74) is 2.88. The molecule has 1 saturated heterocycles. The third-order valence-corrected chi connectivity index (χ3v) is 5.15. The van der Waals surface area contributed by atoms with Crippen molar-refractivity contribution in [3.8, 4) is 0 Å². The zero-order valence-corrected chi connectivity index (χ0v) is 15.6. The van der Waals surface area contributed by atoms with Crippen molar-refractivity contribution in [3.63, 3.8) is 0 Å². The van der Waals surface area contributed by atoms with E-state index in [4.69, 9.17) is 4.74 Å². The predicted octanol–water partition coefficient (Wildman–Crippen LogP) is 0.260. The average Bonchev–Trinajstić information content (AvgIpc) is 3.11. The van der Waals surface area contributed by atoms with Crippen LogP contribution in [0.1, 0.15) is 47.4 Å². The quantitative estimate of drug-likeness (QED) is 0.663. The summed E-state index contributed by atoms with van der Waals surface area (Å²) >= 11 is 0. The van der Waals surface area contributed by atoms with Crippen LogP contribution in [0.4, 0.5) is 0 Å². The molecule has 1 amide bonds. The van der Waals surface area contributed by atoms with Crippen LogP contribution in [0.5, 0.6) is 0 Å². The molecular formula is C19H30N3O3+. The van der Waals surface area contributed by atoms with Crippen molar-refractivity contribution >= 4 is 11.7 Å². The maximum Gasteiger partial charge on any atom is 0.275 e. The van der Waals surface area contributed by atoms with Crippen LogP contribution in [0, 0.1) is 13.8 Å². The number of aryl methyl sites for hydroxylation is 1. The maximum absolute atomic E-state index is 12.7. The molecule has 1 unspecified atom stereocenters. The number of ketones is 1. The Kier molecular flexibility index (Phi) is 5.59. The SMILES string of the molecule is Cc1cc(C(=O)C[NH+](C)CC(=O)NC2CC2)c(C)n1C[C@H]1CCCO1. The topological polar surface area (TPSA) is 64.8 Å². The lowest BCUT2D eigenvalue weighted by Crippen LogP contribution is -3.11. The highest BCUT2D eigenvalue weighted by Gasteiger charge is 2.26. The lowest BCUT2D eigenvalue weighted by atomic mass is 10.1. The van der Waals surface area contributed by atoms with E-state index in [1.165, 1.54) is 0 Å². The lowest BCUT2D eigenvalue weighted by Gasteiger charge is -2.15. The van der Waals surface area contributed by atoms with Crippen molar-refractivity contribution in [3.05, 3.63) is 23.0 Å². The molecule has 6 heteroatoms. The van der Waals surface area contributed by atoms with Crippen LogP contribution in [0.3, 0.4) is 0 Å². The summed E-state index contributed by atoms with van der Waals surface area (Å²) in [6.07, 6.45) is 4.63. The van der Waals surface area contributed by atoms with Gasteiger partial charge in [0.1, 0.15) is 6.54 Å². The summed E-state index contributed by atoms with van der Waals surface area (Å²) in [6.45, 7) is 6.38. The van der Waals surface area contributed by atoms with E-state index in [1.54, 1.807) is 0 Å². The van der Waals surface area contributed by atoms with Gasteiger partial charge < -0.3 is 19.5 Å². The van der Waals surface area contributed by atoms with E-state index in [2.05, 4.69) is 9.88 Å². The number of nitrogens with zero attached hydrogens (tertiary/aromatic N) is 1.